The zero-order valence-electron chi connectivity index (χ0n) is 10.9. The smallest absolute Gasteiger partial charge is 0.283 e. The van der Waals surface area contributed by atoms with Crippen molar-refractivity contribution in [2.24, 2.45) is 11.6 Å². The monoisotopic (exact) mass is 279 g/mol. The fourth-order valence-corrected chi connectivity index (χ4v) is 2.07. The first-order chi connectivity index (χ1) is 9.61. The number of pyridine rings is 1. The Morgan fingerprint density at radius 3 is 3.00 bits per heavy atom. The van der Waals surface area contributed by atoms with E-state index in [4.69, 9.17) is 16.3 Å². The van der Waals surface area contributed by atoms with Crippen molar-refractivity contribution >= 4 is 11.8 Å². The van der Waals surface area contributed by atoms with E-state index in [1.54, 1.807) is 18.2 Å². The van der Waals surface area contributed by atoms with E-state index in [0.717, 1.165) is 0 Å². The summed E-state index contributed by atoms with van der Waals surface area (Å²) in [7, 11) is 0. The molecule has 8 nitrogen and oxygen atoms in total. The molecule has 0 saturated carbocycles. The minimum absolute atomic E-state index is 0.230. The maximum atomic E-state index is 11.4. The molecule has 1 aliphatic rings. The highest BCUT2D eigenvalue weighted by molar-refractivity contribution is 5.91. The topological polar surface area (TPSA) is 124 Å². The van der Waals surface area contributed by atoms with Crippen LogP contribution in [-0.2, 0) is 16.1 Å². The average Bonchev–Trinajstić information content (AvgIpc) is 2.47. The van der Waals surface area contributed by atoms with Crippen LogP contribution < -0.4 is 17.0 Å². The number of hydrogen-bond donors (Lipinski definition) is 3. The van der Waals surface area contributed by atoms with Crippen LogP contribution in [0.25, 0.3) is 0 Å². The molecule has 0 bridgehead atoms. The first-order valence-electron chi connectivity index (χ1n) is 6.20. The number of carbonyl (C=O) groups excluding carboxylic acids is 2. The maximum Gasteiger partial charge on any atom is 0.283 e. The van der Waals surface area contributed by atoms with Crippen molar-refractivity contribution in [3.8, 4) is 0 Å². The van der Waals surface area contributed by atoms with Gasteiger partial charge in [-0.05, 0) is 12.1 Å². The molecule has 1 aromatic heterocycles. The molecule has 20 heavy (non-hydrogen) atoms. The number of nitrogens with two attached hydrogens (primary N) is 2. The highest BCUT2D eigenvalue weighted by Gasteiger charge is 2.27. The second kappa shape index (κ2) is 6.42. The minimum Gasteiger partial charge on any atom is -0.378 e. The van der Waals surface area contributed by atoms with E-state index in [-0.39, 0.29) is 12.3 Å². The van der Waals surface area contributed by atoms with Gasteiger partial charge in [-0.25, -0.2) is 10.8 Å². The van der Waals surface area contributed by atoms with Crippen LogP contribution in [0.3, 0.4) is 0 Å². The molecule has 1 aromatic rings. The summed E-state index contributed by atoms with van der Waals surface area (Å²) in [5.74, 6) is 4.18. The van der Waals surface area contributed by atoms with Crippen molar-refractivity contribution in [2.45, 2.75) is 12.6 Å². The quantitative estimate of drug-likeness (QED) is 0.345. The van der Waals surface area contributed by atoms with E-state index in [1.165, 1.54) is 0 Å². The van der Waals surface area contributed by atoms with Gasteiger partial charge >= 0.3 is 0 Å². The Kier molecular flexibility index (Phi) is 4.61. The van der Waals surface area contributed by atoms with Crippen LogP contribution in [0.1, 0.15) is 16.2 Å². The number of hydrazine groups is 1. The molecule has 8 heteroatoms. The van der Waals surface area contributed by atoms with Crippen LogP contribution in [0.15, 0.2) is 18.2 Å². The molecule has 0 radical (unpaired) electrons. The van der Waals surface area contributed by atoms with E-state index >= 15 is 0 Å². The molecule has 0 aromatic carbocycles. The summed E-state index contributed by atoms with van der Waals surface area (Å²) in [6, 6.07) is 4.59. The van der Waals surface area contributed by atoms with Crippen LogP contribution in [0.2, 0.25) is 0 Å². The van der Waals surface area contributed by atoms with Crippen molar-refractivity contribution in [3.05, 3.63) is 29.6 Å². The number of rotatable bonds is 4. The van der Waals surface area contributed by atoms with Gasteiger partial charge in [0.1, 0.15) is 11.7 Å². The van der Waals surface area contributed by atoms with Gasteiger partial charge in [-0.2, -0.15) is 0 Å². The van der Waals surface area contributed by atoms with Gasteiger partial charge in [0.25, 0.3) is 5.91 Å². The molecule has 2 rings (SSSR count). The Bertz CT molecular complexity index is 508. The van der Waals surface area contributed by atoms with E-state index in [2.05, 4.69) is 4.98 Å². The molecule has 1 saturated heterocycles. The molecule has 1 aliphatic heterocycles. The first kappa shape index (κ1) is 14.4. The largest absolute Gasteiger partial charge is 0.378 e. The molecule has 2 heterocycles. The van der Waals surface area contributed by atoms with Gasteiger partial charge in [-0.1, -0.05) is 6.07 Å². The molecule has 5 N–H and O–H groups in total. The van der Waals surface area contributed by atoms with E-state index < -0.39 is 17.9 Å². The van der Waals surface area contributed by atoms with E-state index in [1.807, 2.05) is 10.3 Å². The number of nitrogen functional groups attached to an aromatic ring is 1. The molecule has 1 atom stereocenters. The molecule has 108 valence electrons. The fourth-order valence-electron chi connectivity index (χ4n) is 2.07. The molecule has 0 aliphatic carbocycles. The third-order valence-electron chi connectivity index (χ3n) is 3.10. The molecule has 0 spiro atoms. The normalized spacial score (nSPS) is 19.6. The van der Waals surface area contributed by atoms with Crippen LogP contribution in [0.4, 0.5) is 0 Å². The van der Waals surface area contributed by atoms with Crippen LogP contribution in [0, 0.1) is 0 Å². The fraction of sp³-hybridized carbons (Fsp3) is 0.417. The zero-order valence-corrected chi connectivity index (χ0v) is 10.9. The maximum absolute atomic E-state index is 11.4. The lowest BCUT2D eigenvalue weighted by atomic mass is 10.2. The second-order valence-electron chi connectivity index (χ2n) is 4.45. The number of primary amides is 1. The van der Waals surface area contributed by atoms with Gasteiger partial charge in [0, 0.05) is 13.1 Å². The van der Waals surface area contributed by atoms with Crippen molar-refractivity contribution < 1.29 is 14.3 Å². The summed E-state index contributed by atoms with van der Waals surface area (Å²) in [6.07, 6.45) is 0. The molecular weight excluding hydrogens is 262 g/mol. The van der Waals surface area contributed by atoms with Crippen LogP contribution in [-0.4, -0.2) is 47.5 Å². The van der Waals surface area contributed by atoms with Crippen LogP contribution in [0.5, 0.6) is 0 Å². The summed E-state index contributed by atoms with van der Waals surface area (Å²) in [6.45, 7) is 1.82. The summed E-state index contributed by atoms with van der Waals surface area (Å²) in [5.41, 5.74) is 8.28. The molecule has 1 unspecified atom stereocenters. The number of nitrogens with zero attached hydrogens (tertiary/aromatic N) is 2. The average molecular weight is 279 g/mol. The van der Waals surface area contributed by atoms with Gasteiger partial charge in [-0.3, -0.25) is 19.9 Å². The Hall–Kier alpha value is -2.03. The van der Waals surface area contributed by atoms with Crippen molar-refractivity contribution in [3.63, 3.8) is 0 Å². The summed E-state index contributed by atoms with van der Waals surface area (Å²) in [4.78, 5) is 28.9. The minimum atomic E-state index is -0.474. The Balaban J connectivity index is 2.12. The molecule has 2 amide bonds. The van der Waals surface area contributed by atoms with Crippen molar-refractivity contribution in [1.29, 1.82) is 0 Å². The number of morpholine rings is 1. The summed E-state index contributed by atoms with van der Waals surface area (Å²) >= 11 is 0. The van der Waals surface area contributed by atoms with Crippen molar-refractivity contribution in [2.75, 3.05) is 19.8 Å². The Morgan fingerprint density at radius 1 is 1.50 bits per heavy atom. The number of nitrogens with one attached hydrogen (secondary N) is 1. The Morgan fingerprint density at radius 2 is 2.30 bits per heavy atom. The predicted molar refractivity (Wildman–Crippen MR) is 70.1 cm³/mol. The van der Waals surface area contributed by atoms with Gasteiger partial charge in [0.15, 0.2) is 0 Å². The third kappa shape index (κ3) is 3.29. The van der Waals surface area contributed by atoms with E-state index in [9.17, 15) is 9.59 Å². The van der Waals surface area contributed by atoms with Gasteiger partial charge < -0.3 is 10.5 Å². The number of hydrogen-bond acceptors (Lipinski definition) is 6. The highest BCUT2D eigenvalue weighted by Crippen LogP contribution is 2.11. The Labute approximate surface area is 116 Å². The van der Waals surface area contributed by atoms with Gasteiger partial charge in [0.2, 0.25) is 5.91 Å². The number of amides is 2. The lowest BCUT2D eigenvalue weighted by Crippen LogP contribution is -2.51. The van der Waals surface area contributed by atoms with Crippen molar-refractivity contribution in [1.82, 2.24) is 15.3 Å². The van der Waals surface area contributed by atoms with E-state index in [0.29, 0.717) is 25.4 Å². The van der Waals surface area contributed by atoms with Crippen LogP contribution >= 0.6 is 0 Å². The predicted octanol–water partition coefficient (Wildman–Crippen LogP) is -1.63. The number of carbonyl (C=O) groups is 2. The first-order valence-corrected chi connectivity index (χ1v) is 6.20. The second-order valence-corrected chi connectivity index (χ2v) is 4.45. The summed E-state index contributed by atoms with van der Waals surface area (Å²) < 4.78 is 5.25. The van der Waals surface area contributed by atoms with Gasteiger partial charge in [0.05, 0.1) is 18.9 Å². The SMILES string of the molecule is NNC(=O)c1cccc(CN2CCOCC2C(N)=O)n1. The highest BCUT2D eigenvalue weighted by atomic mass is 16.5. The molecule has 1 fully saturated rings. The lowest BCUT2D eigenvalue weighted by molar-refractivity contribution is -0.129. The molecular formula is C12H17N5O3. The third-order valence-corrected chi connectivity index (χ3v) is 3.10. The standard InChI is InChI=1S/C12H17N5O3/c13-11(18)10-7-20-5-4-17(10)6-8-2-1-3-9(15-8)12(19)16-14/h1-3,10H,4-7,14H2,(H2,13,18)(H,16,19). The lowest BCUT2D eigenvalue weighted by Gasteiger charge is -2.33. The number of aromatic nitrogens is 1. The zero-order chi connectivity index (χ0) is 14.5. The number of ether oxygens (including phenoxy) is 1. The summed E-state index contributed by atoms with van der Waals surface area (Å²) in [5, 5.41) is 0. The van der Waals surface area contributed by atoms with Gasteiger partial charge in [-0.15, -0.1) is 0 Å².